The Morgan fingerprint density at radius 3 is 2.48 bits per heavy atom. The first-order valence-electron chi connectivity index (χ1n) is 6.64. The average molecular weight is 332 g/mol. The van der Waals surface area contributed by atoms with E-state index in [0.717, 1.165) is 5.56 Å². The van der Waals surface area contributed by atoms with Crippen LogP contribution in [0.4, 0.5) is 0 Å². The average Bonchev–Trinajstić information content (AvgIpc) is 2.39. The molecule has 0 unspecified atom stereocenters. The molecule has 6 heteroatoms. The second kappa shape index (κ2) is 8.25. The zero-order valence-corrected chi connectivity index (χ0v) is 13.8. The zero-order chi connectivity index (χ0) is 16.0. The Morgan fingerprint density at radius 1 is 1.29 bits per heavy atom. The predicted molar refractivity (Wildman–Crippen MR) is 83.6 cm³/mol. The molecule has 4 nitrogen and oxygen atoms in total. The van der Waals surface area contributed by atoms with Gasteiger partial charge in [0.05, 0.1) is 7.11 Å². The van der Waals surface area contributed by atoms with Gasteiger partial charge in [-0.1, -0.05) is 43.1 Å². The first-order chi connectivity index (χ1) is 9.83. The molecule has 0 saturated carbocycles. The number of esters is 1. The number of hydrogen-bond acceptors (Lipinski definition) is 3. The van der Waals surface area contributed by atoms with Gasteiger partial charge in [-0.15, -0.1) is 0 Å². The lowest BCUT2D eigenvalue weighted by Gasteiger charge is -2.18. The summed E-state index contributed by atoms with van der Waals surface area (Å²) in [7, 11) is 1.29. The molecule has 1 aromatic carbocycles. The van der Waals surface area contributed by atoms with Crippen LogP contribution in [-0.4, -0.2) is 25.0 Å². The number of carbonyl (C=O) groups excluding carboxylic acids is 2. The molecule has 21 heavy (non-hydrogen) atoms. The minimum atomic E-state index is -0.764. The van der Waals surface area contributed by atoms with Gasteiger partial charge in [-0.2, -0.15) is 0 Å². The number of nitrogens with one attached hydrogen (secondary N) is 1. The normalized spacial score (nSPS) is 12.1. The van der Waals surface area contributed by atoms with Crippen LogP contribution in [0.15, 0.2) is 18.2 Å². The van der Waals surface area contributed by atoms with Crippen molar-refractivity contribution in [3.63, 3.8) is 0 Å². The van der Waals surface area contributed by atoms with Crippen LogP contribution in [0.25, 0.3) is 0 Å². The Labute approximate surface area is 134 Å². The van der Waals surface area contributed by atoms with Crippen molar-refractivity contribution in [2.45, 2.75) is 32.7 Å². The number of benzene rings is 1. The highest BCUT2D eigenvalue weighted by Crippen LogP contribution is 2.22. The van der Waals surface area contributed by atoms with Gasteiger partial charge in [-0.05, 0) is 23.6 Å². The predicted octanol–water partition coefficient (Wildman–Crippen LogP) is 3.24. The van der Waals surface area contributed by atoms with Crippen LogP contribution in [0.1, 0.15) is 25.8 Å². The maximum absolute atomic E-state index is 11.8. The van der Waals surface area contributed by atoms with Crippen LogP contribution in [0.2, 0.25) is 10.0 Å². The molecule has 0 radical (unpaired) electrons. The van der Waals surface area contributed by atoms with Gasteiger partial charge < -0.3 is 10.1 Å². The Bertz CT molecular complexity index is 518. The lowest BCUT2D eigenvalue weighted by Crippen LogP contribution is -2.43. The van der Waals surface area contributed by atoms with Gasteiger partial charge in [-0.25, -0.2) is 4.79 Å². The fraction of sp³-hybridized carbons (Fsp3) is 0.467. The van der Waals surface area contributed by atoms with E-state index in [2.05, 4.69) is 5.32 Å². The van der Waals surface area contributed by atoms with E-state index in [-0.39, 0.29) is 18.2 Å². The Balaban J connectivity index is 2.83. The molecule has 0 aliphatic carbocycles. The lowest BCUT2D eigenvalue weighted by atomic mass is 10.0. The number of methoxy groups -OCH3 is 1. The first-order valence-corrected chi connectivity index (χ1v) is 7.40. The van der Waals surface area contributed by atoms with E-state index < -0.39 is 12.0 Å². The summed E-state index contributed by atoms with van der Waals surface area (Å²) in [6.07, 6.45) is 0.606. The second-order valence-corrected chi connectivity index (χ2v) is 6.02. The van der Waals surface area contributed by atoms with E-state index in [1.807, 2.05) is 13.8 Å². The van der Waals surface area contributed by atoms with Gasteiger partial charge in [-0.3, -0.25) is 4.79 Å². The fourth-order valence-corrected chi connectivity index (χ4v) is 2.35. The molecule has 0 fully saturated rings. The van der Waals surface area contributed by atoms with Crippen LogP contribution in [0.3, 0.4) is 0 Å². The number of carbonyl (C=O) groups is 2. The van der Waals surface area contributed by atoms with Crippen molar-refractivity contribution in [2.24, 2.45) is 5.92 Å². The topological polar surface area (TPSA) is 55.4 Å². The van der Waals surface area contributed by atoms with E-state index in [4.69, 9.17) is 27.9 Å². The summed E-state index contributed by atoms with van der Waals surface area (Å²) in [5.74, 6) is -0.481. The van der Waals surface area contributed by atoms with Gasteiger partial charge in [0.25, 0.3) is 0 Å². The van der Waals surface area contributed by atoms with Gasteiger partial charge in [0.1, 0.15) is 6.04 Å². The van der Waals surface area contributed by atoms with Crippen LogP contribution in [0, 0.1) is 5.92 Å². The molecule has 0 saturated heterocycles. The third kappa shape index (κ3) is 5.94. The summed E-state index contributed by atoms with van der Waals surface area (Å²) in [4.78, 5) is 23.7. The molecule has 1 amide bonds. The third-order valence-electron chi connectivity index (χ3n) is 2.85. The summed E-state index contributed by atoms with van der Waals surface area (Å²) < 4.78 is 4.73. The van der Waals surface area contributed by atoms with Crippen molar-refractivity contribution in [2.75, 3.05) is 7.11 Å². The van der Waals surface area contributed by atoms with Crippen molar-refractivity contribution in [3.8, 4) is 0 Å². The van der Waals surface area contributed by atoms with Crippen molar-refractivity contribution < 1.29 is 14.3 Å². The SMILES string of the molecule is COC(=O)[C@@H](Cc1ccc(Cl)cc1Cl)NC(=O)CC(C)C. The molecule has 0 aliphatic rings. The molecule has 1 atom stereocenters. The fourth-order valence-electron chi connectivity index (χ4n) is 1.87. The van der Waals surface area contributed by atoms with Crippen molar-refractivity contribution in [3.05, 3.63) is 33.8 Å². The smallest absolute Gasteiger partial charge is 0.328 e. The molecule has 116 valence electrons. The van der Waals surface area contributed by atoms with Crippen LogP contribution < -0.4 is 5.32 Å². The monoisotopic (exact) mass is 331 g/mol. The molecule has 0 aliphatic heterocycles. The van der Waals surface area contributed by atoms with Gasteiger partial charge in [0.15, 0.2) is 0 Å². The van der Waals surface area contributed by atoms with E-state index in [9.17, 15) is 9.59 Å². The van der Waals surface area contributed by atoms with E-state index in [0.29, 0.717) is 16.5 Å². The Morgan fingerprint density at radius 2 is 1.95 bits per heavy atom. The van der Waals surface area contributed by atoms with E-state index >= 15 is 0 Å². The van der Waals surface area contributed by atoms with Crippen LogP contribution in [0.5, 0.6) is 0 Å². The molecule has 0 spiro atoms. The molecule has 0 bridgehead atoms. The highest BCUT2D eigenvalue weighted by molar-refractivity contribution is 6.35. The molecule has 1 N–H and O–H groups in total. The lowest BCUT2D eigenvalue weighted by molar-refractivity contribution is -0.145. The maximum Gasteiger partial charge on any atom is 0.328 e. The minimum Gasteiger partial charge on any atom is -0.467 e. The Hall–Kier alpha value is -1.26. The summed E-state index contributed by atoms with van der Waals surface area (Å²) in [6.45, 7) is 3.87. The number of halogens is 2. The highest BCUT2D eigenvalue weighted by Gasteiger charge is 2.23. The van der Waals surface area contributed by atoms with Gasteiger partial charge in [0.2, 0.25) is 5.91 Å². The number of rotatable bonds is 6. The quantitative estimate of drug-likeness (QED) is 0.814. The number of ether oxygens (including phenoxy) is 1. The van der Waals surface area contributed by atoms with E-state index in [1.165, 1.54) is 7.11 Å². The van der Waals surface area contributed by atoms with Crippen molar-refractivity contribution in [1.82, 2.24) is 5.32 Å². The summed E-state index contributed by atoms with van der Waals surface area (Å²) in [5.41, 5.74) is 0.723. The van der Waals surface area contributed by atoms with Crippen molar-refractivity contribution >= 4 is 35.1 Å². The third-order valence-corrected chi connectivity index (χ3v) is 3.44. The zero-order valence-electron chi connectivity index (χ0n) is 12.3. The molecule has 1 rings (SSSR count). The summed E-state index contributed by atoms with van der Waals surface area (Å²) >= 11 is 11.9. The largest absolute Gasteiger partial charge is 0.467 e. The van der Waals surface area contributed by atoms with Gasteiger partial charge in [0, 0.05) is 22.9 Å². The van der Waals surface area contributed by atoms with Crippen LogP contribution >= 0.6 is 23.2 Å². The summed E-state index contributed by atoms with van der Waals surface area (Å²) in [5, 5.41) is 3.65. The highest BCUT2D eigenvalue weighted by atomic mass is 35.5. The minimum absolute atomic E-state index is 0.189. The molecule has 0 aromatic heterocycles. The number of hydrogen-bond donors (Lipinski definition) is 1. The second-order valence-electron chi connectivity index (χ2n) is 5.18. The van der Waals surface area contributed by atoms with E-state index in [1.54, 1.807) is 18.2 Å². The first kappa shape index (κ1) is 17.8. The maximum atomic E-state index is 11.8. The van der Waals surface area contributed by atoms with Crippen molar-refractivity contribution in [1.29, 1.82) is 0 Å². The molecular formula is C15H19Cl2NO3. The number of amides is 1. The van der Waals surface area contributed by atoms with Gasteiger partial charge >= 0.3 is 5.97 Å². The molecule has 1 aromatic rings. The molecular weight excluding hydrogens is 313 g/mol. The summed E-state index contributed by atoms with van der Waals surface area (Å²) in [6, 6.07) is 4.25. The standard InChI is InChI=1S/C15H19Cl2NO3/c1-9(2)6-14(19)18-13(15(20)21-3)7-10-4-5-11(16)8-12(10)17/h4-5,8-9,13H,6-7H2,1-3H3,(H,18,19)/t13-/m1/s1. The Kier molecular flexibility index (Phi) is 6.99. The molecule has 0 heterocycles. The van der Waals surface area contributed by atoms with Crippen LogP contribution in [-0.2, 0) is 20.7 Å².